The molecule has 0 spiro atoms. The number of benzene rings is 1. The monoisotopic (exact) mass is 424 g/mol. The van der Waals surface area contributed by atoms with Crippen LogP contribution < -0.4 is 16.6 Å². The summed E-state index contributed by atoms with van der Waals surface area (Å²) in [6.07, 6.45) is 2.93. The number of aryl methyl sites for hydroxylation is 1. The lowest BCUT2D eigenvalue weighted by Crippen LogP contribution is -2.42. The third kappa shape index (κ3) is 3.77. The molecule has 9 heteroatoms. The second-order valence-corrected chi connectivity index (χ2v) is 7.16. The van der Waals surface area contributed by atoms with Crippen LogP contribution in [0.1, 0.15) is 11.3 Å². The number of rotatable bonds is 5. The summed E-state index contributed by atoms with van der Waals surface area (Å²) >= 11 is 6.01. The summed E-state index contributed by atoms with van der Waals surface area (Å²) in [7, 11) is 0. The summed E-state index contributed by atoms with van der Waals surface area (Å²) in [5, 5.41) is 3.47. The molecule has 1 N–H and O–H groups in total. The Morgan fingerprint density at radius 1 is 1.17 bits per heavy atom. The Balaban J connectivity index is 1.76. The van der Waals surface area contributed by atoms with E-state index in [9.17, 15) is 14.4 Å². The third-order valence-corrected chi connectivity index (χ3v) is 4.88. The van der Waals surface area contributed by atoms with Gasteiger partial charge in [0.05, 0.1) is 18.2 Å². The van der Waals surface area contributed by atoms with Crippen molar-refractivity contribution in [3.63, 3.8) is 0 Å². The second kappa shape index (κ2) is 8.00. The smallest absolute Gasteiger partial charge is 0.333 e. The number of nitrogens with one attached hydrogen (secondary N) is 1. The van der Waals surface area contributed by atoms with E-state index in [1.54, 1.807) is 42.5 Å². The van der Waals surface area contributed by atoms with Gasteiger partial charge in [-0.25, -0.2) is 9.78 Å². The van der Waals surface area contributed by atoms with Gasteiger partial charge in [-0.2, -0.15) is 0 Å². The first-order valence-corrected chi connectivity index (χ1v) is 9.48. The highest BCUT2D eigenvalue weighted by Crippen LogP contribution is 2.20. The van der Waals surface area contributed by atoms with E-state index in [-0.39, 0.29) is 24.1 Å². The summed E-state index contributed by atoms with van der Waals surface area (Å²) in [5.74, 6) is 0.000566. The van der Waals surface area contributed by atoms with E-state index in [1.165, 1.54) is 17.0 Å². The van der Waals surface area contributed by atoms with Gasteiger partial charge in [0.1, 0.15) is 18.0 Å². The summed E-state index contributed by atoms with van der Waals surface area (Å²) in [4.78, 5) is 42.8. The number of amides is 1. The molecule has 0 bridgehead atoms. The van der Waals surface area contributed by atoms with E-state index in [0.29, 0.717) is 16.5 Å². The molecule has 0 radical (unpaired) electrons. The predicted octanol–water partition coefficient (Wildman–Crippen LogP) is 2.80. The van der Waals surface area contributed by atoms with Crippen LogP contribution in [0, 0.1) is 6.92 Å². The Morgan fingerprint density at radius 2 is 2.00 bits per heavy atom. The molecule has 0 fully saturated rings. The molecule has 0 saturated heterocycles. The lowest BCUT2D eigenvalue weighted by Gasteiger charge is -2.13. The second-order valence-electron chi connectivity index (χ2n) is 6.72. The Bertz CT molecular complexity index is 1360. The number of carbonyl (C=O) groups excluding carboxylic acids is 1. The van der Waals surface area contributed by atoms with Gasteiger partial charge in [-0.15, -0.1) is 0 Å². The van der Waals surface area contributed by atoms with Gasteiger partial charge < -0.3 is 9.73 Å². The molecule has 3 aromatic heterocycles. The van der Waals surface area contributed by atoms with Crippen molar-refractivity contribution >= 4 is 34.2 Å². The van der Waals surface area contributed by atoms with Gasteiger partial charge in [-0.05, 0) is 48.9 Å². The Morgan fingerprint density at radius 3 is 2.77 bits per heavy atom. The first-order chi connectivity index (χ1) is 14.4. The Hall–Kier alpha value is -3.65. The van der Waals surface area contributed by atoms with Crippen LogP contribution >= 0.6 is 11.6 Å². The largest absolute Gasteiger partial charge is 0.467 e. The molecule has 4 aromatic rings. The maximum absolute atomic E-state index is 13.1. The SMILES string of the molecule is Cc1ccc(Cl)cc1NC(=O)Cn1c(=O)n(Cc2ccco2)c(=O)c2cccnc21. The number of furan rings is 1. The van der Waals surface area contributed by atoms with Crippen LogP contribution in [0.25, 0.3) is 11.0 Å². The standard InChI is InChI=1S/C21H17ClN4O4/c1-13-6-7-14(22)10-17(13)24-18(27)12-25-19-16(5-2-8-23-19)20(28)26(21(25)29)11-15-4-3-9-30-15/h2-10H,11-12H2,1H3,(H,24,27). The Kier molecular flexibility index (Phi) is 5.24. The molecule has 3 heterocycles. The van der Waals surface area contributed by atoms with E-state index < -0.39 is 17.2 Å². The van der Waals surface area contributed by atoms with Crippen molar-refractivity contribution in [3.8, 4) is 0 Å². The van der Waals surface area contributed by atoms with Crippen LogP contribution in [0.15, 0.2) is 68.9 Å². The minimum Gasteiger partial charge on any atom is -0.467 e. The number of nitrogens with zero attached hydrogens (tertiary/aromatic N) is 3. The number of fused-ring (bicyclic) bond motifs is 1. The Labute approximate surface area is 175 Å². The van der Waals surface area contributed by atoms with Gasteiger partial charge in [-0.1, -0.05) is 17.7 Å². The van der Waals surface area contributed by atoms with E-state index in [2.05, 4.69) is 10.3 Å². The molecule has 0 saturated carbocycles. The predicted molar refractivity (Wildman–Crippen MR) is 113 cm³/mol. The maximum atomic E-state index is 13.1. The zero-order chi connectivity index (χ0) is 21.3. The van der Waals surface area contributed by atoms with Crippen LogP contribution in [0.3, 0.4) is 0 Å². The fraction of sp³-hybridized carbons (Fsp3) is 0.143. The van der Waals surface area contributed by atoms with Crippen molar-refractivity contribution in [2.75, 3.05) is 5.32 Å². The summed E-state index contributed by atoms with van der Waals surface area (Å²) < 4.78 is 7.47. The van der Waals surface area contributed by atoms with Crippen molar-refractivity contribution in [1.82, 2.24) is 14.1 Å². The minimum atomic E-state index is -0.652. The molecule has 1 amide bonds. The van der Waals surface area contributed by atoms with Crippen LogP contribution in [0.2, 0.25) is 5.02 Å². The molecular formula is C21H17ClN4O4. The molecule has 4 rings (SSSR count). The van der Waals surface area contributed by atoms with Gasteiger partial charge in [0.15, 0.2) is 0 Å². The van der Waals surface area contributed by atoms with Gasteiger partial charge >= 0.3 is 5.69 Å². The van der Waals surface area contributed by atoms with Crippen molar-refractivity contribution in [2.24, 2.45) is 0 Å². The zero-order valence-electron chi connectivity index (χ0n) is 16.0. The summed E-state index contributed by atoms with van der Waals surface area (Å²) in [6.45, 7) is 1.46. The number of pyridine rings is 1. The minimum absolute atomic E-state index is 0.0511. The van der Waals surface area contributed by atoms with Gasteiger partial charge in [0.2, 0.25) is 5.91 Å². The number of halogens is 1. The number of carbonyl (C=O) groups is 1. The third-order valence-electron chi connectivity index (χ3n) is 4.65. The molecule has 8 nitrogen and oxygen atoms in total. The topological polar surface area (TPSA) is 99.1 Å². The maximum Gasteiger partial charge on any atom is 0.333 e. The highest BCUT2D eigenvalue weighted by molar-refractivity contribution is 6.31. The average molecular weight is 425 g/mol. The fourth-order valence-corrected chi connectivity index (χ4v) is 3.32. The van der Waals surface area contributed by atoms with Gasteiger partial charge in [0, 0.05) is 16.9 Å². The number of hydrogen-bond donors (Lipinski definition) is 1. The molecule has 1 aromatic carbocycles. The summed E-state index contributed by atoms with van der Waals surface area (Å²) in [6, 6.07) is 11.6. The molecule has 0 aliphatic carbocycles. The normalized spacial score (nSPS) is 11.0. The number of anilines is 1. The van der Waals surface area contributed by atoms with Gasteiger partial charge in [0.25, 0.3) is 5.56 Å². The van der Waals surface area contributed by atoms with Crippen molar-refractivity contribution in [3.05, 3.63) is 92.1 Å². The van der Waals surface area contributed by atoms with Crippen molar-refractivity contribution in [2.45, 2.75) is 20.0 Å². The molecular weight excluding hydrogens is 408 g/mol. The average Bonchev–Trinajstić information content (AvgIpc) is 3.24. The van der Waals surface area contributed by atoms with E-state index in [1.807, 2.05) is 6.92 Å². The van der Waals surface area contributed by atoms with Crippen molar-refractivity contribution in [1.29, 1.82) is 0 Å². The summed E-state index contributed by atoms with van der Waals surface area (Å²) in [5.41, 5.74) is 0.358. The highest BCUT2D eigenvalue weighted by Gasteiger charge is 2.17. The lowest BCUT2D eigenvalue weighted by molar-refractivity contribution is -0.116. The van der Waals surface area contributed by atoms with E-state index >= 15 is 0 Å². The van der Waals surface area contributed by atoms with E-state index in [4.69, 9.17) is 16.0 Å². The van der Waals surface area contributed by atoms with E-state index in [0.717, 1.165) is 10.1 Å². The highest BCUT2D eigenvalue weighted by atomic mass is 35.5. The van der Waals surface area contributed by atoms with Crippen LogP contribution in [-0.4, -0.2) is 20.0 Å². The van der Waals surface area contributed by atoms with Gasteiger partial charge in [-0.3, -0.25) is 18.7 Å². The first kappa shape index (κ1) is 19.7. The lowest BCUT2D eigenvalue weighted by atomic mass is 10.2. The molecule has 0 aliphatic rings. The molecule has 0 unspecified atom stereocenters. The quantitative estimate of drug-likeness (QED) is 0.531. The molecule has 0 atom stereocenters. The fourth-order valence-electron chi connectivity index (χ4n) is 3.15. The molecule has 152 valence electrons. The van der Waals surface area contributed by atoms with Crippen LogP contribution in [0.5, 0.6) is 0 Å². The first-order valence-electron chi connectivity index (χ1n) is 9.11. The van der Waals surface area contributed by atoms with Crippen LogP contribution in [0.4, 0.5) is 5.69 Å². The number of hydrogen-bond acceptors (Lipinski definition) is 5. The molecule has 0 aliphatic heterocycles. The zero-order valence-corrected chi connectivity index (χ0v) is 16.7. The number of aromatic nitrogens is 3. The molecule has 30 heavy (non-hydrogen) atoms. The van der Waals surface area contributed by atoms with Crippen LogP contribution in [-0.2, 0) is 17.9 Å². The van der Waals surface area contributed by atoms with Crippen molar-refractivity contribution < 1.29 is 9.21 Å².